The first kappa shape index (κ1) is 25.0. The highest BCUT2D eigenvalue weighted by Gasteiger charge is 2.29. The Morgan fingerprint density at radius 3 is 2.23 bits per heavy atom. The SMILES string of the molecule is O=C(COc1cccc(NC(=O)c2cc(OCC(F)(F)F)ccc2[N+](=O)[O-])c1)Nc1ccccc1. The fourth-order valence-corrected chi connectivity index (χ4v) is 2.84. The number of carbonyl (C=O) groups is 2. The molecule has 3 aromatic rings. The van der Waals surface area contributed by atoms with E-state index in [4.69, 9.17) is 4.74 Å². The van der Waals surface area contributed by atoms with Crippen LogP contribution in [0.1, 0.15) is 10.4 Å². The molecule has 0 bridgehead atoms. The first-order valence-corrected chi connectivity index (χ1v) is 9.98. The molecule has 2 amide bonds. The maximum Gasteiger partial charge on any atom is 0.422 e. The zero-order valence-corrected chi connectivity index (χ0v) is 17.9. The lowest BCUT2D eigenvalue weighted by atomic mass is 10.1. The third-order valence-corrected chi connectivity index (χ3v) is 4.33. The predicted octanol–water partition coefficient (Wildman–Crippen LogP) is 4.81. The van der Waals surface area contributed by atoms with Crippen LogP contribution in [0, 0.1) is 10.1 Å². The molecule has 0 aromatic heterocycles. The zero-order chi connectivity index (χ0) is 25.4. The summed E-state index contributed by atoms with van der Waals surface area (Å²) in [4.78, 5) is 35.2. The summed E-state index contributed by atoms with van der Waals surface area (Å²) in [6, 6.07) is 17.3. The number of halogens is 3. The molecule has 0 saturated carbocycles. The minimum atomic E-state index is -4.62. The van der Waals surface area contributed by atoms with Gasteiger partial charge in [-0.05, 0) is 36.4 Å². The van der Waals surface area contributed by atoms with E-state index in [1.54, 1.807) is 30.3 Å². The molecule has 0 heterocycles. The second-order valence-corrected chi connectivity index (χ2v) is 7.02. The highest BCUT2D eigenvalue weighted by molar-refractivity contribution is 6.07. The fourth-order valence-electron chi connectivity index (χ4n) is 2.84. The molecule has 0 unspecified atom stereocenters. The normalized spacial score (nSPS) is 10.8. The fraction of sp³-hybridized carbons (Fsp3) is 0.130. The standard InChI is InChI=1S/C23H18F3N3O6/c24-23(25,26)14-35-18-9-10-20(29(32)33)19(12-18)22(31)28-16-7-4-8-17(11-16)34-13-21(30)27-15-5-2-1-3-6-15/h1-12H,13-14H2,(H,27,30)(H,28,31). The summed E-state index contributed by atoms with van der Waals surface area (Å²) < 4.78 is 47.2. The summed E-state index contributed by atoms with van der Waals surface area (Å²) in [6.07, 6.45) is -4.62. The molecule has 0 fully saturated rings. The van der Waals surface area contributed by atoms with Crippen molar-refractivity contribution in [3.8, 4) is 11.5 Å². The molecule has 0 atom stereocenters. The number of nitrogens with zero attached hydrogens (tertiary/aromatic N) is 1. The van der Waals surface area contributed by atoms with Crippen molar-refractivity contribution in [1.29, 1.82) is 0 Å². The molecule has 3 rings (SSSR count). The Labute approximate surface area is 196 Å². The number of ether oxygens (including phenoxy) is 2. The highest BCUT2D eigenvalue weighted by Crippen LogP contribution is 2.27. The van der Waals surface area contributed by atoms with Gasteiger partial charge in [0.15, 0.2) is 13.2 Å². The van der Waals surface area contributed by atoms with Crippen molar-refractivity contribution in [1.82, 2.24) is 0 Å². The number of hydrogen-bond acceptors (Lipinski definition) is 6. The van der Waals surface area contributed by atoms with Crippen molar-refractivity contribution in [2.24, 2.45) is 0 Å². The second kappa shape index (κ2) is 11.0. The lowest BCUT2D eigenvalue weighted by Crippen LogP contribution is -2.20. The van der Waals surface area contributed by atoms with E-state index in [1.165, 1.54) is 24.3 Å². The molecule has 0 radical (unpaired) electrons. The van der Waals surface area contributed by atoms with Gasteiger partial charge in [0.25, 0.3) is 17.5 Å². The number of nitro groups is 1. The number of amides is 2. The number of rotatable bonds is 9. The van der Waals surface area contributed by atoms with Crippen LogP contribution in [-0.4, -0.2) is 36.1 Å². The van der Waals surface area contributed by atoms with E-state index in [0.29, 0.717) is 5.69 Å². The molecular formula is C23H18F3N3O6. The van der Waals surface area contributed by atoms with Crippen LogP contribution in [0.15, 0.2) is 72.8 Å². The second-order valence-electron chi connectivity index (χ2n) is 7.02. The summed E-state index contributed by atoms with van der Waals surface area (Å²) in [5.41, 5.74) is -0.355. The quantitative estimate of drug-likeness (QED) is 0.329. The molecule has 0 saturated heterocycles. The summed E-state index contributed by atoms with van der Waals surface area (Å²) >= 11 is 0. The molecule has 12 heteroatoms. The Hall–Kier alpha value is -4.61. The predicted molar refractivity (Wildman–Crippen MR) is 120 cm³/mol. The van der Waals surface area contributed by atoms with E-state index in [9.17, 15) is 32.9 Å². The monoisotopic (exact) mass is 489 g/mol. The molecular weight excluding hydrogens is 471 g/mol. The van der Waals surface area contributed by atoms with E-state index in [2.05, 4.69) is 15.4 Å². The number of para-hydroxylation sites is 1. The average molecular weight is 489 g/mol. The Balaban J connectivity index is 1.67. The highest BCUT2D eigenvalue weighted by atomic mass is 19.4. The summed E-state index contributed by atoms with van der Waals surface area (Å²) in [6.45, 7) is -1.94. The van der Waals surface area contributed by atoms with Crippen LogP contribution in [0.2, 0.25) is 0 Å². The summed E-state index contributed by atoms with van der Waals surface area (Å²) in [5, 5.41) is 16.3. The van der Waals surface area contributed by atoms with Gasteiger partial charge in [-0.3, -0.25) is 19.7 Å². The average Bonchev–Trinajstić information content (AvgIpc) is 2.81. The van der Waals surface area contributed by atoms with Gasteiger partial charge in [-0.2, -0.15) is 13.2 Å². The van der Waals surface area contributed by atoms with E-state index in [-0.39, 0.29) is 23.8 Å². The Kier molecular flexibility index (Phi) is 7.87. The maximum atomic E-state index is 12.7. The van der Waals surface area contributed by atoms with Gasteiger partial charge in [0.05, 0.1) is 4.92 Å². The summed E-state index contributed by atoms with van der Waals surface area (Å²) in [5.74, 6) is -1.51. The molecule has 0 spiro atoms. The third kappa shape index (κ3) is 7.74. The Morgan fingerprint density at radius 2 is 1.54 bits per heavy atom. The van der Waals surface area contributed by atoms with Crippen LogP contribution in [0.3, 0.4) is 0 Å². The minimum Gasteiger partial charge on any atom is -0.484 e. The van der Waals surface area contributed by atoms with Gasteiger partial charge in [0.2, 0.25) is 0 Å². The van der Waals surface area contributed by atoms with Crippen molar-refractivity contribution in [3.63, 3.8) is 0 Å². The maximum absolute atomic E-state index is 12.7. The largest absolute Gasteiger partial charge is 0.484 e. The number of hydrogen-bond donors (Lipinski definition) is 2. The number of nitrogens with one attached hydrogen (secondary N) is 2. The van der Waals surface area contributed by atoms with Crippen LogP contribution in [-0.2, 0) is 4.79 Å². The van der Waals surface area contributed by atoms with Crippen LogP contribution in [0.4, 0.5) is 30.2 Å². The Bertz CT molecular complexity index is 1220. The van der Waals surface area contributed by atoms with Gasteiger partial charge in [-0.1, -0.05) is 24.3 Å². The number of benzene rings is 3. The first-order valence-electron chi connectivity index (χ1n) is 9.98. The molecule has 0 aliphatic carbocycles. The van der Waals surface area contributed by atoms with Crippen molar-refractivity contribution >= 4 is 28.9 Å². The van der Waals surface area contributed by atoms with Crippen LogP contribution in [0.25, 0.3) is 0 Å². The lowest BCUT2D eigenvalue weighted by molar-refractivity contribution is -0.385. The molecule has 35 heavy (non-hydrogen) atoms. The number of alkyl halides is 3. The van der Waals surface area contributed by atoms with E-state index >= 15 is 0 Å². The van der Waals surface area contributed by atoms with Crippen molar-refractivity contribution in [3.05, 3.63) is 88.5 Å². The van der Waals surface area contributed by atoms with Crippen molar-refractivity contribution < 1.29 is 37.2 Å². The molecule has 9 nitrogen and oxygen atoms in total. The minimum absolute atomic E-state index is 0.173. The van der Waals surface area contributed by atoms with Gasteiger partial charge < -0.3 is 20.1 Å². The van der Waals surface area contributed by atoms with Gasteiger partial charge in [-0.25, -0.2) is 0 Å². The zero-order valence-electron chi connectivity index (χ0n) is 17.9. The van der Waals surface area contributed by atoms with Crippen LogP contribution >= 0.6 is 0 Å². The molecule has 182 valence electrons. The van der Waals surface area contributed by atoms with E-state index in [1.807, 2.05) is 0 Å². The van der Waals surface area contributed by atoms with Crippen LogP contribution < -0.4 is 20.1 Å². The number of anilines is 2. The Morgan fingerprint density at radius 1 is 0.857 bits per heavy atom. The lowest BCUT2D eigenvalue weighted by Gasteiger charge is -2.12. The number of nitro benzene ring substituents is 1. The van der Waals surface area contributed by atoms with Gasteiger partial charge >= 0.3 is 6.18 Å². The molecule has 2 N–H and O–H groups in total. The van der Waals surface area contributed by atoms with E-state index in [0.717, 1.165) is 18.2 Å². The van der Waals surface area contributed by atoms with Gasteiger partial charge in [0.1, 0.15) is 17.1 Å². The van der Waals surface area contributed by atoms with Gasteiger partial charge in [0, 0.05) is 23.5 Å². The summed E-state index contributed by atoms with van der Waals surface area (Å²) in [7, 11) is 0. The topological polar surface area (TPSA) is 120 Å². The van der Waals surface area contributed by atoms with Gasteiger partial charge in [-0.15, -0.1) is 0 Å². The number of carbonyl (C=O) groups excluding carboxylic acids is 2. The van der Waals surface area contributed by atoms with Crippen molar-refractivity contribution in [2.75, 3.05) is 23.8 Å². The third-order valence-electron chi connectivity index (χ3n) is 4.33. The molecule has 0 aliphatic heterocycles. The molecule has 3 aromatic carbocycles. The van der Waals surface area contributed by atoms with Crippen LogP contribution in [0.5, 0.6) is 11.5 Å². The molecule has 0 aliphatic rings. The van der Waals surface area contributed by atoms with Crippen molar-refractivity contribution in [2.45, 2.75) is 6.18 Å². The smallest absolute Gasteiger partial charge is 0.422 e. The van der Waals surface area contributed by atoms with E-state index < -0.39 is 40.8 Å². The first-order chi connectivity index (χ1) is 16.6.